The van der Waals surface area contributed by atoms with Gasteiger partial charge in [-0.05, 0) is 61.6 Å². The highest BCUT2D eigenvalue weighted by Gasteiger charge is 2.20. The monoisotopic (exact) mass is 468 g/mol. The van der Waals surface area contributed by atoms with Crippen molar-refractivity contribution in [2.24, 2.45) is 11.5 Å². The van der Waals surface area contributed by atoms with Gasteiger partial charge in [-0.2, -0.15) is 0 Å². The molecule has 7 nitrogen and oxygen atoms in total. The van der Waals surface area contributed by atoms with Crippen LogP contribution in [0.5, 0.6) is 0 Å². The number of carbonyl (C=O) groups is 1. The third-order valence-electron chi connectivity index (χ3n) is 5.76. The van der Waals surface area contributed by atoms with Gasteiger partial charge in [0.1, 0.15) is 17.5 Å². The maximum atomic E-state index is 13.5. The Bertz CT molecular complexity index is 1150. The molecule has 6 N–H and O–H groups in total. The van der Waals surface area contributed by atoms with Crippen LogP contribution >= 0.6 is 11.6 Å². The second-order valence-electron chi connectivity index (χ2n) is 8.25. The number of hydrogen-bond donors (Lipinski definition) is 4. The standard InChI is InChI=1S/C24H26ClFN6O/c25-20-13-29-22(31-17-6-4-16(27)5-7-17)11-19(20)21-9-8-18(23(28)33)24(32-21)30-12-14-2-1-3-15(26)10-14/h1-3,8-11,13,16-17H,4-7,12,27H2,(H2,28,33)(H,29,31)(H,30,32). The third-order valence-corrected chi connectivity index (χ3v) is 6.07. The zero-order chi connectivity index (χ0) is 23.4. The van der Waals surface area contributed by atoms with Gasteiger partial charge in [-0.25, -0.2) is 14.4 Å². The molecule has 33 heavy (non-hydrogen) atoms. The lowest BCUT2D eigenvalue weighted by Crippen LogP contribution is -2.33. The summed E-state index contributed by atoms with van der Waals surface area (Å²) in [6, 6.07) is 11.9. The minimum Gasteiger partial charge on any atom is -0.367 e. The number of anilines is 2. The Hall–Kier alpha value is -3.23. The van der Waals surface area contributed by atoms with Crippen LogP contribution in [-0.4, -0.2) is 28.0 Å². The summed E-state index contributed by atoms with van der Waals surface area (Å²) in [5.41, 5.74) is 13.7. The van der Waals surface area contributed by atoms with Crippen LogP contribution in [0, 0.1) is 5.82 Å². The van der Waals surface area contributed by atoms with Crippen molar-refractivity contribution in [3.63, 3.8) is 0 Å². The molecule has 9 heteroatoms. The normalized spacial score (nSPS) is 18.0. The number of rotatable bonds is 7. The van der Waals surface area contributed by atoms with Gasteiger partial charge >= 0.3 is 0 Å². The summed E-state index contributed by atoms with van der Waals surface area (Å²) in [6.07, 6.45) is 5.52. The van der Waals surface area contributed by atoms with E-state index in [0.717, 1.165) is 25.7 Å². The van der Waals surface area contributed by atoms with Gasteiger partial charge < -0.3 is 22.1 Å². The molecular weight excluding hydrogens is 443 g/mol. The van der Waals surface area contributed by atoms with Gasteiger partial charge in [-0.15, -0.1) is 0 Å². The molecule has 0 spiro atoms. The number of carbonyl (C=O) groups excluding carboxylic acids is 1. The van der Waals surface area contributed by atoms with Gasteiger partial charge in [0.05, 0.1) is 16.3 Å². The van der Waals surface area contributed by atoms with E-state index in [4.69, 9.17) is 23.1 Å². The zero-order valence-electron chi connectivity index (χ0n) is 18.0. The number of amides is 1. The van der Waals surface area contributed by atoms with Crippen LogP contribution in [0.4, 0.5) is 16.0 Å². The van der Waals surface area contributed by atoms with Crippen LogP contribution in [-0.2, 0) is 6.54 Å². The van der Waals surface area contributed by atoms with E-state index in [1.54, 1.807) is 30.5 Å². The molecule has 3 aromatic rings. The molecule has 1 aromatic carbocycles. The van der Waals surface area contributed by atoms with E-state index < -0.39 is 5.91 Å². The third kappa shape index (κ3) is 5.77. The van der Waals surface area contributed by atoms with Crippen LogP contribution in [0.3, 0.4) is 0 Å². The minimum absolute atomic E-state index is 0.234. The van der Waals surface area contributed by atoms with Crippen molar-refractivity contribution in [1.82, 2.24) is 9.97 Å². The van der Waals surface area contributed by atoms with Crippen molar-refractivity contribution >= 4 is 29.1 Å². The molecule has 0 unspecified atom stereocenters. The highest BCUT2D eigenvalue weighted by atomic mass is 35.5. The molecule has 0 bridgehead atoms. The summed E-state index contributed by atoms with van der Waals surface area (Å²) < 4.78 is 13.5. The molecule has 2 heterocycles. The molecule has 1 saturated carbocycles. The molecule has 1 aliphatic rings. The number of hydrogen-bond acceptors (Lipinski definition) is 6. The van der Waals surface area contributed by atoms with Crippen molar-refractivity contribution in [2.75, 3.05) is 10.6 Å². The fourth-order valence-electron chi connectivity index (χ4n) is 3.96. The van der Waals surface area contributed by atoms with Crippen molar-refractivity contribution < 1.29 is 9.18 Å². The largest absolute Gasteiger partial charge is 0.367 e. The van der Waals surface area contributed by atoms with Gasteiger partial charge in [0.25, 0.3) is 5.91 Å². The molecule has 1 aliphatic carbocycles. The molecule has 1 amide bonds. The number of aromatic nitrogens is 2. The Balaban J connectivity index is 1.59. The van der Waals surface area contributed by atoms with Gasteiger partial charge in [0, 0.05) is 30.4 Å². The van der Waals surface area contributed by atoms with E-state index in [2.05, 4.69) is 20.6 Å². The number of nitrogens with zero attached hydrogens (tertiary/aromatic N) is 2. The number of primary amides is 1. The summed E-state index contributed by atoms with van der Waals surface area (Å²) in [6.45, 7) is 0.273. The first-order chi connectivity index (χ1) is 15.9. The Morgan fingerprint density at radius 1 is 1.15 bits per heavy atom. The van der Waals surface area contributed by atoms with Crippen molar-refractivity contribution in [2.45, 2.75) is 44.3 Å². The molecule has 0 radical (unpaired) electrons. The highest BCUT2D eigenvalue weighted by Crippen LogP contribution is 2.31. The van der Waals surface area contributed by atoms with E-state index in [1.807, 2.05) is 6.07 Å². The first-order valence-electron chi connectivity index (χ1n) is 10.9. The topological polar surface area (TPSA) is 119 Å². The smallest absolute Gasteiger partial charge is 0.252 e. The van der Waals surface area contributed by atoms with Crippen molar-refractivity contribution in [1.29, 1.82) is 0 Å². The van der Waals surface area contributed by atoms with Crippen molar-refractivity contribution in [3.05, 3.63) is 70.6 Å². The lowest BCUT2D eigenvalue weighted by molar-refractivity contribution is 0.100. The Labute approximate surface area is 196 Å². The van der Waals surface area contributed by atoms with E-state index >= 15 is 0 Å². The quantitative estimate of drug-likeness (QED) is 0.410. The number of pyridine rings is 2. The van der Waals surface area contributed by atoms with Gasteiger partial charge in [-0.3, -0.25) is 4.79 Å². The average molecular weight is 469 g/mol. The Morgan fingerprint density at radius 3 is 2.67 bits per heavy atom. The second-order valence-corrected chi connectivity index (χ2v) is 8.65. The molecule has 0 atom stereocenters. The van der Waals surface area contributed by atoms with Gasteiger partial charge in [0.2, 0.25) is 0 Å². The van der Waals surface area contributed by atoms with Gasteiger partial charge in [0.15, 0.2) is 0 Å². The van der Waals surface area contributed by atoms with E-state index in [1.165, 1.54) is 12.1 Å². The summed E-state index contributed by atoms with van der Waals surface area (Å²) in [7, 11) is 0. The minimum atomic E-state index is -0.616. The number of benzene rings is 1. The maximum Gasteiger partial charge on any atom is 0.252 e. The fraction of sp³-hybridized carbons (Fsp3) is 0.292. The van der Waals surface area contributed by atoms with Crippen LogP contribution < -0.4 is 22.1 Å². The van der Waals surface area contributed by atoms with E-state index in [9.17, 15) is 9.18 Å². The van der Waals surface area contributed by atoms with Crippen LogP contribution in [0.1, 0.15) is 41.6 Å². The Kier molecular flexibility index (Phi) is 7.05. The summed E-state index contributed by atoms with van der Waals surface area (Å²) >= 11 is 6.44. The molecule has 172 valence electrons. The van der Waals surface area contributed by atoms with Gasteiger partial charge in [-0.1, -0.05) is 23.7 Å². The lowest BCUT2D eigenvalue weighted by atomic mass is 9.92. The van der Waals surface area contributed by atoms with Crippen LogP contribution in [0.15, 0.2) is 48.7 Å². The number of nitrogens with two attached hydrogens (primary N) is 2. The number of nitrogens with one attached hydrogen (secondary N) is 2. The first kappa shape index (κ1) is 22.9. The summed E-state index contributed by atoms with van der Waals surface area (Å²) in [4.78, 5) is 20.9. The molecule has 2 aromatic heterocycles. The summed E-state index contributed by atoms with van der Waals surface area (Å²) in [5.74, 6) is 0.0435. The molecule has 0 saturated heterocycles. The highest BCUT2D eigenvalue weighted by molar-refractivity contribution is 6.33. The summed E-state index contributed by atoms with van der Waals surface area (Å²) in [5, 5.41) is 6.98. The predicted octanol–water partition coefficient (Wildman–Crippen LogP) is 4.33. The van der Waals surface area contributed by atoms with Crippen LogP contribution in [0.25, 0.3) is 11.3 Å². The maximum absolute atomic E-state index is 13.5. The van der Waals surface area contributed by atoms with Crippen molar-refractivity contribution in [3.8, 4) is 11.3 Å². The van der Waals surface area contributed by atoms with E-state index in [0.29, 0.717) is 39.5 Å². The Morgan fingerprint density at radius 2 is 1.94 bits per heavy atom. The molecule has 0 aliphatic heterocycles. The fourth-order valence-corrected chi connectivity index (χ4v) is 4.16. The number of halogens is 2. The zero-order valence-corrected chi connectivity index (χ0v) is 18.8. The predicted molar refractivity (Wildman–Crippen MR) is 129 cm³/mol. The SMILES string of the molecule is NC(=O)c1ccc(-c2cc(NC3CCC(N)CC3)ncc2Cl)nc1NCc1cccc(F)c1. The first-order valence-corrected chi connectivity index (χ1v) is 11.2. The second kappa shape index (κ2) is 10.1. The van der Waals surface area contributed by atoms with Crippen LogP contribution in [0.2, 0.25) is 5.02 Å². The molecule has 4 rings (SSSR count). The lowest BCUT2D eigenvalue weighted by Gasteiger charge is -2.27. The average Bonchev–Trinajstić information content (AvgIpc) is 2.80. The molecule has 1 fully saturated rings. The van der Waals surface area contributed by atoms with E-state index in [-0.39, 0.29) is 24.0 Å². The molecular formula is C24H26ClFN6O.